The van der Waals surface area contributed by atoms with Crippen molar-refractivity contribution in [3.63, 3.8) is 0 Å². The molecule has 19 heavy (non-hydrogen) atoms. The number of nitrogens with zero attached hydrogens (tertiary/aromatic N) is 1. The summed E-state index contributed by atoms with van der Waals surface area (Å²) in [4.78, 5) is 16.1. The van der Waals surface area contributed by atoms with E-state index in [1.165, 1.54) is 13.3 Å². The Morgan fingerprint density at radius 2 is 2.32 bits per heavy atom. The molecular weight excluding hydrogens is 380 g/mol. The van der Waals surface area contributed by atoms with Gasteiger partial charge < -0.3 is 14.9 Å². The second-order valence-electron chi connectivity index (χ2n) is 3.16. The Balaban J connectivity index is 3.03. The first kappa shape index (κ1) is 15.5. The van der Waals surface area contributed by atoms with Crippen LogP contribution in [0.25, 0.3) is 0 Å². The number of oxime groups is 1. The van der Waals surface area contributed by atoms with Gasteiger partial charge in [-0.1, -0.05) is 27.0 Å². The van der Waals surface area contributed by atoms with Gasteiger partial charge in [-0.25, -0.2) is 4.79 Å². The monoisotopic (exact) mass is 388 g/mol. The summed E-state index contributed by atoms with van der Waals surface area (Å²) in [5.74, 6) is 2.61. The third-order valence-corrected chi connectivity index (χ3v) is 2.90. The van der Waals surface area contributed by atoms with E-state index in [9.17, 15) is 4.79 Å². The highest BCUT2D eigenvalue weighted by atomic mass is 79.9. The van der Waals surface area contributed by atoms with Gasteiger partial charge in [-0.15, -0.1) is 6.42 Å². The fourth-order valence-corrected chi connectivity index (χ4v) is 2.44. The fraction of sp³-hybridized carbons (Fsp3) is 0.167. The topological polar surface area (TPSA) is 59.9 Å². The maximum atomic E-state index is 11.3. The largest absolute Gasteiger partial charge is 0.412 e. The van der Waals surface area contributed by atoms with Crippen molar-refractivity contribution < 1.29 is 14.4 Å². The van der Waals surface area contributed by atoms with Crippen molar-refractivity contribution in [1.82, 2.24) is 5.32 Å². The smallest absolute Gasteiger partial charge is 0.408 e. The van der Waals surface area contributed by atoms with Crippen LogP contribution in [0.3, 0.4) is 0 Å². The Bertz CT molecular complexity index is 539. The van der Waals surface area contributed by atoms with Crippen LogP contribution in [-0.2, 0) is 4.84 Å². The van der Waals surface area contributed by atoms with Gasteiger partial charge in [0, 0.05) is 17.1 Å². The summed E-state index contributed by atoms with van der Waals surface area (Å²) in [6, 6.07) is 3.48. The first-order valence-electron chi connectivity index (χ1n) is 5.06. The number of hydrogen-bond donors (Lipinski definition) is 1. The molecule has 1 aromatic rings. The summed E-state index contributed by atoms with van der Waals surface area (Å²) in [6.07, 6.45) is 5.86. The van der Waals surface area contributed by atoms with Gasteiger partial charge in [0.25, 0.3) is 0 Å². The molecular formula is C12H10Br2N2O3. The highest BCUT2D eigenvalue weighted by Crippen LogP contribution is 2.32. The summed E-state index contributed by atoms with van der Waals surface area (Å²) in [6.45, 7) is 0.0668. The molecule has 0 aliphatic heterocycles. The SMILES string of the molecule is C#CCO/N=C/c1cc(Br)cc(Br)c1OC(=O)NC. The molecule has 0 bridgehead atoms. The van der Waals surface area contributed by atoms with Crippen molar-refractivity contribution in [2.45, 2.75) is 0 Å². The maximum Gasteiger partial charge on any atom is 0.412 e. The van der Waals surface area contributed by atoms with E-state index in [4.69, 9.17) is 16.0 Å². The van der Waals surface area contributed by atoms with Crippen molar-refractivity contribution in [3.05, 3.63) is 26.6 Å². The average molecular weight is 390 g/mol. The number of nitrogens with one attached hydrogen (secondary N) is 1. The number of carbonyl (C=O) groups excluding carboxylic acids is 1. The molecule has 0 fully saturated rings. The molecule has 0 atom stereocenters. The van der Waals surface area contributed by atoms with Gasteiger partial charge in [-0.05, 0) is 28.1 Å². The first-order valence-corrected chi connectivity index (χ1v) is 6.64. The minimum absolute atomic E-state index is 0.0668. The van der Waals surface area contributed by atoms with Gasteiger partial charge in [0.05, 0.1) is 10.7 Å². The molecule has 0 spiro atoms. The predicted molar refractivity (Wildman–Crippen MR) is 79.3 cm³/mol. The Kier molecular flexibility index (Phi) is 6.39. The Morgan fingerprint density at radius 3 is 2.95 bits per heavy atom. The highest BCUT2D eigenvalue weighted by Gasteiger charge is 2.12. The maximum absolute atomic E-state index is 11.3. The number of hydrogen-bond acceptors (Lipinski definition) is 4. The average Bonchev–Trinajstić information content (AvgIpc) is 2.38. The van der Waals surface area contributed by atoms with Gasteiger partial charge in [-0.3, -0.25) is 0 Å². The van der Waals surface area contributed by atoms with Crippen LogP contribution in [0.15, 0.2) is 26.2 Å². The van der Waals surface area contributed by atoms with Crippen LogP contribution in [0.2, 0.25) is 0 Å². The molecule has 1 aromatic carbocycles. The molecule has 0 heterocycles. The number of rotatable bonds is 4. The normalized spacial score (nSPS) is 10.0. The summed E-state index contributed by atoms with van der Waals surface area (Å²) in [5.41, 5.74) is 0.557. The lowest BCUT2D eigenvalue weighted by Gasteiger charge is -2.09. The van der Waals surface area contributed by atoms with Crippen LogP contribution in [0.4, 0.5) is 4.79 Å². The summed E-state index contributed by atoms with van der Waals surface area (Å²) in [5, 5.41) is 6.05. The molecule has 0 unspecified atom stereocenters. The van der Waals surface area contributed by atoms with Gasteiger partial charge in [-0.2, -0.15) is 0 Å². The molecule has 7 heteroatoms. The summed E-state index contributed by atoms with van der Waals surface area (Å²) < 4.78 is 6.53. The summed E-state index contributed by atoms with van der Waals surface area (Å²) >= 11 is 6.64. The van der Waals surface area contributed by atoms with E-state index in [1.54, 1.807) is 12.1 Å². The van der Waals surface area contributed by atoms with Crippen LogP contribution in [-0.4, -0.2) is 26.0 Å². The van der Waals surface area contributed by atoms with Gasteiger partial charge in [0.15, 0.2) is 12.4 Å². The number of benzene rings is 1. The zero-order chi connectivity index (χ0) is 14.3. The standard InChI is InChI=1S/C12H10Br2N2O3/c1-3-4-18-16-7-8-5-9(13)6-10(14)11(8)19-12(17)15-2/h1,5-7H,4H2,2H3,(H,15,17)/b16-7+. The highest BCUT2D eigenvalue weighted by molar-refractivity contribution is 9.11. The molecule has 1 rings (SSSR count). The van der Waals surface area contributed by atoms with Gasteiger partial charge in [0.1, 0.15) is 0 Å². The first-order chi connectivity index (χ1) is 9.08. The zero-order valence-electron chi connectivity index (χ0n) is 9.94. The minimum atomic E-state index is -0.581. The van der Waals surface area contributed by atoms with E-state index in [0.717, 1.165) is 4.47 Å². The minimum Gasteiger partial charge on any atom is -0.408 e. The lowest BCUT2D eigenvalue weighted by atomic mass is 10.2. The number of carbonyl (C=O) groups is 1. The third-order valence-electron chi connectivity index (χ3n) is 1.85. The Morgan fingerprint density at radius 1 is 1.58 bits per heavy atom. The lowest BCUT2D eigenvalue weighted by Crippen LogP contribution is -2.22. The summed E-state index contributed by atoms with van der Waals surface area (Å²) in [7, 11) is 1.47. The van der Waals surface area contributed by atoms with Gasteiger partial charge >= 0.3 is 6.09 Å². The fourth-order valence-electron chi connectivity index (χ4n) is 1.10. The second-order valence-corrected chi connectivity index (χ2v) is 4.93. The number of ether oxygens (including phenoxy) is 1. The van der Waals surface area contributed by atoms with E-state index < -0.39 is 6.09 Å². The van der Waals surface area contributed by atoms with E-state index in [0.29, 0.717) is 15.8 Å². The van der Waals surface area contributed by atoms with Crippen LogP contribution in [0.1, 0.15) is 5.56 Å². The lowest BCUT2D eigenvalue weighted by molar-refractivity contribution is 0.181. The Labute approximate surface area is 127 Å². The molecule has 5 nitrogen and oxygen atoms in total. The zero-order valence-corrected chi connectivity index (χ0v) is 13.1. The van der Waals surface area contributed by atoms with Gasteiger partial charge in [0.2, 0.25) is 0 Å². The number of amides is 1. The van der Waals surface area contributed by atoms with E-state index >= 15 is 0 Å². The molecule has 0 radical (unpaired) electrons. The third kappa shape index (κ3) is 4.93. The van der Waals surface area contributed by atoms with Crippen molar-refractivity contribution in [2.24, 2.45) is 5.16 Å². The van der Waals surface area contributed by atoms with E-state index in [2.05, 4.69) is 48.3 Å². The molecule has 0 aliphatic carbocycles. The van der Waals surface area contributed by atoms with Crippen molar-refractivity contribution in [1.29, 1.82) is 0 Å². The van der Waals surface area contributed by atoms with Crippen LogP contribution < -0.4 is 10.1 Å². The van der Waals surface area contributed by atoms with Crippen LogP contribution in [0, 0.1) is 12.3 Å². The second kappa shape index (κ2) is 7.81. The molecule has 1 amide bonds. The Hall–Kier alpha value is -1.52. The van der Waals surface area contributed by atoms with E-state index in [1.807, 2.05) is 0 Å². The molecule has 1 N–H and O–H groups in total. The quantitative estimate of drug-likeness (QED) is 0.372. The van der Waals surface area contributed by atoms with Crippen LogP contribution >= 0.6 is 31.9 Å². The van der Waals surface area contributed by atoms with Crippen LogP contribution in [0.5, 0.6) is 5.75 Å². The number of halogens is 2. The van der Waals surface area contributed by atoms with Crippen molar-refractivity contribution in [3.8, 4) is 18.1 Å². The predicted octanol–water partition coefficient (Wildman–Crippen LogP) is 2.91. The molecule has 0 aliphatic rings. The van der Waals surface area contributed by atoms with Crippen molar-refractivity contribution in [2.75, 3.05) is 13.7 Å². The van der Waals surface area contributed by atoms with Crippen molar-refractivity contribution >= 4 is 44.2 Å². The molecule has 100 valence electrons. The van der Waals surface area contributed by atoms with E-state index in [-0.39, 0.29) is 6.61 Å². The molecule has 0 aromatic heterocycles. The molecule has 0 saturated heterocycles. The molecule has 0 saturated carbocycles. The number of terminal acetylenes is 1.